The van der Waals surface area contributed by atoms with Gasteiger partial charge in [-0.15, -0.1) is 0 Å². The highest BCUT2D eigenvalue weighted by atomic mass is 32.2. The van der Waals surface area contributed by atoms with Crippen molar-refractivity contribution in [3.8, 4) is 0 Å². The molecule has 21 heavy (non-hydrogen) atoms. The number of hydrogen-bond acceptors (Lipinski definition) is 6. The van der Waals surface area contributed by atoms with Gasteiger partial charge < -0.3 is 4.52 Å². The van der Waals surface area contributed by atoms with E-state index in [0.29, 0.717) is 16.7 Å². The quantitative estimate of drug-likeness (QED) is 0.663. The van der Waals surface area contributed by atoms with Gasteiger partial charge in [0.1, 0.15) is 6.26 Å². The molecule has 1 N–H and O–H groups in total. The monoisotopic (exact) mass is 311 g/mol. The lowest BCUT2D eigenvalue weighted by Crippen LogP contribution is -2.24. The summed E-state index contributed by atoms with van der Waals surface area (Å²) in [7, 11) is -3.78. The Bertz CT molecular complexity index is 745. The zero-order valence-corrected chi connectivity index (χ0v) is 12.2. The average Bonchev–Trinajstić information content (AvgIpc) is 2.88. The number of hydrogen-bond donors (Lipinski definition) is 1. The molecule has 0 saturated heterocycles. The zero-order valence-electron chi connectivity index (χ0n) is 11.4. The van der Waals surface area contributed by atoms with Crippen LogP contribution in [0.25, 0.3) is 0 Å². The van der Waals surface area contributed by atoms with E-state index in [1.807, 2.05) is 0 Å². The van der Waals surface area contributed by atoms with Gasteiger partial charge in [0.25, 0.3) is 5.69 Å². The largest absolute Gasteiger partial charge is 0.364 e. The summed E-state index contributed by atoms with van der Waals surface area (Å²) in [5, 5.41) is 14.2. The molecular formula is C12H13N3O5S. The summed E-state index contributed by atoms with van der Waals surface area (Å²) >= 11 is 0. The third-order valence-electron chi connectivity index (χ3n) is 2.87. The first-order valence-corrected chi connectivity index (χ1v) is 7.43. The molecule has 112 valence electrons. The highest BCUT2D eigenvalue weighted by molar-refractivity contribution is 7.89. The van der Waals surface area contributed by atoms with E-state index in [1.54, 1.807) is 0 Å². The molecule has 0 amide bonds. The minimum Gasteiger partial charge on any atom is -0.364 e. The molecular weight excluding hydrogens is 298 g/mol. The van der Waals surface area contributed by atoms with Crippen molar-refractivity contribution in [2.75, 3.05) is 0 Å². The first-order valence-electron chi connectivity index (χ1n) is 5.95. The molecule has 2 rings (SSSR count). The van der Waals surface area contributed by atoms with Gasteiger partial charge in [-0.1, -0.05) is 5.16 Å². The van der Waals surface area contributed by atoms with Crippen molar-refractivity contribution in [1.29, 1.82) is 0 Å². The molecule has 0 atom stereocenters. The van der Waals surface area contributed by atoms with Crippen LogP contribution in [0.1, 0.15) is 16.7 Å². The van der Waals surface area contributed by atoms with Gasteiger partial charge in [-0.05, 0) is 25.0 Å². The van der Waals surface area contributed by atoms with E-state index < -0.39 is 14.9 Å². The predicted molar refractivity (Wildman–Crippen MR) is 73.1 cm³/mol. The number of aryl methyl sites for hydroxylation is 2. The van der Waals surface area contributed by atoms with E-state index in [4.69, 9.17) is 0 Å². The predicted octanol–water partition coefficient (Wildman–Crippen LogP) is 1.68. The van der Waals surface area contributed by atoms with E-state index in [9.17, 15) is 18.5 Å². The fraction of sp³-hybridized carbons (Fsp3) is 0.250. The number of benzene rings is 1. The van der Waals surface area contributed by atoms with E-state index in [2.05, 4.69) is 14.4 Å². The molecule has 0 bridgehead atoms. The fourth-order valence-corrected chi connectivity index (χ4v) is 3.49. The van der Waals surface area contributed by atoms with E-state index in [1.165, 1.54) is 38.4 Å². The maximum absolute atomic E-state index is 12.3. The average molecular weight is 311 g/mol. The standard InChI is InChI=1S/C12H13N3O5S/c1-8-3-11(15(16)17)4-9(2)12(8)21(18,19)14-6-10-5-13-20-7-10/h3-5,7,14H,6H2,1-2H3. The fourth-order valence-electron chi connectivity index (χ4n) is 2.02. The normalized spacial score (nSPS) is 11.5. The Balaban J connectivity index is 2.33. The Kier molecular flexibility index (Phi) is 4.05. The Labute approximate surface area is 121 Å². The molecule has 0 unspecified atom stereocenters. The smallest absolute Gasteiger partial charge is 0.270 e. The maximum atomic E-state index is 12.3. The minimum absolute atomic E-state index is 0.0295. The molecule has 8 nitrogen and oxygen atoms in total. The summed E-state index contributed by atoms with van der Waals surface area (Å²) < 4.78 is 31.7. The second-order valence-electron chi connectivity index (χ2n) is 4.52. The van der Waals surface area contributed by atoms with E-state index >= 15 is 0 Å². The molecule has 0 aliphatic rings. The highest BCUT2D eigenvalue weighted by Crippen LogP contribution is 2.25. The third-order valence-corrected chi connectivity index (χ3v) is 4.58. The van der Waals surface area contributed by atoms with Gasteiger partial charge in [0, 0.05) is 24.2 Å². The number of aromatic nitrogens is 1. The second kappa shape index (κ2) is 5.62. The van der Waals surface area contributed by atoms with Crippen molar-refractivity contribution in [1.82, 2.24) is 9.88 Å². The summed E-state index contributed by atoms with van der Waals surface area (Å²) in [6, 6.07) is 2.47. The number of sulfonamides is 1. The van der Waals surface area contributed by atoms with Crippen LogP contribution in [-0.2, 0) is 16.6 Å². The van der Waals surface area contributed by atoms with Crippen molar-refractivity contribution in [2.45, 2.75) is 25.3 Å². The summed E-state index contributed by atoms with van der Waals surface area (Å²) in [5.41, 5.74) is 1.08. The van der Waals surface area contributed by atoms with Crippen LogP contribution >= 0.6 is 0 Å². The number of non-ortho nitro benzene ring substituents is 1. The molecule has 0 radical (unpaired) electrons. The van der Waals surface area contributed by atoms with Crippen molar-refractivity contribution >= 4 is 15.7 Å². The maximum Gasteiger partial charge on any atom is 0.270 e. The number of nitrogens with one attached hydrogen (secondary N) is 1. The van der Waals surface area contributed by atoms with Crippen molar-refractivity contribution in [3.63, 3.8) is 0 Å². The lowest BCUT2D eigenvalue weighted by molar-refractivity contribution is -0.385. The molecule has 0 aliphatic heterocycles. The number of rotatable bonds is 5. The topological polar surface area (TPSA) is 115 Å². The van der Waals surface area contributed by atoms with Crippen LogP contribution in [0.2, 0.25) is 0 Å². The Morgan fingerprint density at radius 1 is 1.33 bits per heavy atom. The molecule has 1 aromatic carbocycles. The van der Waals surface area contributed by atoms with Crippen molar-refractivity contribution < 1.29 is 17.9 Å². The SMILES string of the molecule is Cc1cc([N+](=O)[O-])cc(C)c1S(=O)(=O)NCc1cnoc1. The lowest BCUT2D eigenvalue weighted by Gasteiger charge is -2.11. The number of nitro benzene ring substituents is 1. The lowest BCUT2D eigenvalue weighted by atomic mass is 10.1. The van der Waals surface area contributed by atoms with Crippen LogP contribution in [0.5, 0.6) is 0 Å². The number of nitro groups is 1. The van der Waals surface area contributed by atoms with Crippen LogP contribution in [0.4, 0.5) is 5.69 Å². The summed E-state index contributed by atoms with van der Waals surface area (Å²) in [4.78, 5) is 10.3. The second-order valence-corrected chi connectivity index (χ2v) is 6.23. The molecule has 0 fully saturated rings. The van der Waals surface area contributed by atoms with Crippen molar-refractivity contribution in [2.24, 2.45) is 0 Å². The van der Waals surface area contributed by atoms with Gasteiger partial charge in [-0.25, -0.2) is 13.1 Å². The van der Waals surface area contributed by atoms with Crippen LogP contribution in [0, 0.1) is 24.0 Å². The Morgan fingerprint density at radius 2 is 1.95 bits per heavy atom. The molecule has 9 heteroatoms. The summed E-state index contributed by atoms with van der Waals surface area (Å²) in [5.74, 6) is 0. The minimum atomic E-state index is -3.78. The molecule has 0 saturated carbocycles. The van der Waals surface area contributed by atoms with E-state index in [0.717, 1.165) is 0 Å². The Morgan fingerprint density at radius 3 is 2.43 bits per heavy atom. The van der Waals surface area contributed by atoms with Gasteiger partial charge >= 0.3 is 0 Å². The van der Waals surface area contributed by atoms with Gasteiger partial charge in [-0.2, -0.15) is 0 Å². The molecule has 0 aliphatic carbocycles. The highest BCUT2D eigenvalue weighted by Gasteiger charge is 2.22. The molecule has 1 aromatic heterocycles. The molecule has 2 aromatic rings. The third kappa shape index (κ3) is 3.26. The van der Waals surface area contributed by atoms with Gasteiger partial charge in [0.2, 0.25) is 10.0 Å². The summed E-state index contributed by atoms with van der Waals surface area (Å²) in [6.07, 6.45) is 2.73. The number of nitrogens with zero attached hydrogens (tertiary/aromatic N) is 2. The first kappa shape index (κ1) is 15.1. The van der Waals surface area contributed by atoms with Crippen LogP contribution in [-0.4, -0.2) is 18.5 Å². The Hall–Kier alpha value is -2.26. The zero-order chi connectivity index (χ0) is 15.6. The van der Waals surface area contributed by atoms with Crippen molar-refractivity contribution in [3.05, 3.63) is 51.4 Å². The first-order chi connectivity index (χ1) is 9.81. The molecule has 0 spiro atoms. The summed E-state index contributed by atoms with van der Waals surface area (Å²) in [6.45, 7) is 3.07. The van der Waals surface area contributed by atoms with Gasteiger partial charge in [0.05, 0.1) is 16.0 Å². The molecule has 1 heterocycles. The van der Waals surface area contributed by atoms with Crippen LogP contribution in [0.15, 0.2) is 34.0 Å². The van der Waals surface area contributed by atoms with Gasteiger partial charge in [0.15, 0.2) is 0 Å². The van der Waals surface area contributed by atoms with E-state index in [-0.39, 0.29) is 17.1 Å². The van der Waals surface area contributed by atoms with Gasteiger partial charge in [-0.3, -0.25) is 10.1 Å². The van der Waals surface area contributed by atoms with Crippen LogP contribution in [0.3, 0.4) is 0 Å². The van der Waals surface area contributed by atoms with Crippen LogP contribution < -0.4 is 4.72 Å².